The van der Waals surface area contributed by atoms with Crippen LogP contribution in [0.4, 0.5) is 0 Å². The molecule has 0 atom stereocenters. The quantitative estimate of drug-likeness (QED) is 0.326. The maximum Gasteiger partial charge on any atom is 0.219 e. The average Bonchev–Trinajstić information content (AvgIpc) is 2.47. The van der Waals surface area contributed by atoms with Gasteiger partial charge in [0.1, 0.15) is 0 Å². The first-order valence-electron chi connectivity index (χ1n) is 6.98. The molecule has 2 aromatic heterocycles. The highest BCUT2D eigenvalue weighted by molar-refractivity contribution is 6.09. The molecule has 4 rings (SSSR count). The number of fused-ring (bicyclic) bond motifs is 6. The number of nitrogens with zero attached hydrogens (tertiary/aromatic N) is 1. The molecule has 0 unspecified atom stereocenters. The van der Waals surface area contributed by atoms with E-state index in [1.165, 1.54) is 38.4 Å². The van der Waals surface area contributed by atoms with Crippen molar-refractivity contribution < 1.29 is 4.40 Å². The van der Waals surface area contributed by atoms with Crippen LogP contribution < -0.4 is 4.40 Å². The topological polar surface area (TPSA) is 4.10 Å². The zero-order valence-corrected chi connectivity index (χ0v) is 11.7. The zero-order chi connectivity index (χ0) is 13.7. The van der Waals surface area contributed by atoms with Crippen molar-refractivity contribution in [1.82, 2.24) is 0 Å². The fourth-order valence-corrected chi connectivity index (χ4v) is 3.26. The first-order chi connectivity index (χ1) is 9.75. The second kappa shape index (κ2) is 4.04. The standard InChI is InChI=1S/C19H16N/c1-13-11-14(2)20-18-10-6-5-8-16(18)15-7-3-4-9-17(15)19(20)12-13/h3-12H,1-2H3/q+1. The molecule has 0 saturated heterocycles. The van der Waals surface area contributed by atoms with Crippen LogP contribution in [-0.2, 0) is 0 Å². The van der Waals surface area contributed by atoms with Gasteiger partial charge in [0.15, 0.2) is 5.69 Å². The summed E-state index contributed by atoms with van der Waals surface area (Å²) in [7, 11) is 0. The number of aromatic nitrogens is 1. The van der Waals surface area contributed by atoms with Crippen LogP contribution in [0.3, 0.4) is 0 Å². The van der Waals surface area contributed by atoms with Gasteiger partial charge < -0.3 is 0 Å². The van der Waals surface area contributed by atoms with Crippen LogP contribution in [0.2, 0.25) is 0 Å². The number of aryl methyl sites for hydroxylation is 2. The van der Waals surface area contributed by atoms with Crippen LogP contribution in [0.25, 0.3) is 27.2 Å². The number of hydrogen-bond acceptors (Lipinski definition) is 0. The predicted molar refractivity (Wildman–Crippen MR) is 84.1 cm³/mol. The summed E-state index contributed by atoms with van der Waals surface area (Å²) in [6.07, 6.45) is 0. The van der Waals surface area contributed by atoms with Crippen molar-refractivity contribution in [2.45, 2.75) is 13.8 Å². The third-order valence-corrected chi connectivity index (χ3v) is 4.03. The highest BCUT2D eigenvalue weighted by Crippen LogP contribution is 2.26. The van der Waals surface area contributed by atoms with E-state index in [1.807, 2.05) is 0 Å². The molecule has 0 fully saturated rings. The summed E-state index contributed by atoms with van der Waals surface area (Å²) in [6, 6.07) is 21.8. The van der Waals surface area contributed by atoms with Gasteiger partial charge in [-0.25, -0.2) is 0 Å². The maximum absolute atomic E-state index is 2.37. The predicted octanol–water partition coefficient (Wildman–Crippen LogP) is 4.35. The molecule has 0 spiro atoms. The number of pyridine rings is 2. The van der Waals surface area contributed by atoms with Crippen LogP contribution in [0.5, 0.6) is 0 Å². The Kier molecular flexibility index (Phi) is 2.31. The lowest BCUT2D eigenvalue weighted by Gasteiger charge is -2.06. The summed E-state index contributed by atoms with van der Waals surface area (Å²) < 4.78 is 2.37. The molecule has 1 heteroatoms. The van der Waals surface area contributed by atoms with E-state index in [4.69, 9.17) is 0 Å². The van der Waals surface area contributed by atoms with Gasteiger partial charge in [0.2, 0.25) is 11.0 Å². The Labute approximate surface area is 118 Å². The molecule has 0 aliphatic rings. The minimum atomic E-state index is 1.28. The molecule has 0 saturated carbocycles. The summed E-state index contributed by atoms with van der Waals surface area (Å²) in [5.74, 6) is 0. The monoisotopic (exact) mass is 258 g/mol. The zero-order valence-electron chi connectivity index (χ0n) is 11.7. The molecular formula is C19H16N+. The SMILES string of the molecule is Cc1cc(C)[n+]2c3ccccc3c3ccccc3c2c1. The lowest BCUT2D eigenvalue weighted by atomic mass is 10.0. The van der Waals surface area contributed by atoms with E-state index in [0.717, 1.165) is 0 Å². The average molecular weight is 258 g/mol. The van der Waals surface area contributed by atoms with Crippen LogP contribution >= 0.6 is 0 Å². The van der Waals surface area contributed by atoms with E-state index in [9.17, 15) is 0 Å². The number of para-hydroxylation sites is 1. The van der Waals surface area contributed by atoms with Crippen molar-refractivity contribution in [2.24, 2.45) is 0 Å². The molecule has 2 aromatic carbocycles. The van der Waals surface area contributed by atoms with Gasteiger partial charge in [0.05, 0.1) is 10.8 Å². The van der Waals surface area contributed by atoms with Crippen molar-refractivity contribution in [3.8, 4) is 0 Å². The van der Waals surface area contributed by atoms with Crippen LogP contribution in [0.15, 0.2) is 60.7 Å². The molecule has 96 valence electrons. The molecule has 20 heavy (non-hydrogen) atoms. The van der Waals surface area contributed by atoms with E-state index in [1.54, 1.807) is 0 Å². The minimum absolute atomic E-state index is 1.28. The van der Waals surface area contributed by atoms with Crippen LogP contribution in [-0.4, -0.2) is 0 Å². The smallest absolute Gasteiger partial charge is 0.157 e. The van der Waals surface area contributed by atoms with Gasteiger partial charge in [0, 0.05) is 30.5 Å². The third kappa shape index (κ3) is 1.47. The Morgan fingerprint density at radius 3 is 2.00 bits per heavy atom. The van der Waals surface area contributed by atoms with Crippen LogP contribution in [0, 0.1) is 13.8 Å². The molecule has 2 heterocycles. The Morgan fingerprint density at radius 1 is 0.650 bits per heavy atom. The molecule has 0 N–H and O–H groups in total. The fourth-order valence-electron chi connectivity index (χ4n) is 3.26. The highest BCUT2D eigenvalue weighted by Gasteiger charge is 2.17. The summed E-state index contributed by atoms with van der Waals surface area (Å²) in [5.41, 5.74) is 5.15. The molecule has 4 aromatic rings. The van der Waals surface area contributed by atoms with Gasteiger partial charge in [0.25, 0.3) is 0 Å². The van der Waals surface area contributed by atoms with Gasteiger partial charge in [-0.05, 0) is 24.6 Å². The molecule has 0 amide bonds. The summed E-state index contributed by atoms with van der Waals surface area (Å²) in [6.45, 7) is 4.35. The van der Waals surface area contributed by atoms with Gasteiger partial charge >= 0.3 is 0 Å². The Bertz CT molecular complexity index is 967. The van der Waals surface area contributed by atoms with Gasteiger partial charge in [-0.15, -0.1) is 0 Å². The molecule has 1 nitrogen and oxygen atoms in total. The minimum Gasteiger partial charge on any atom is -0.157 e. The summed E-state index contributed by atoms with van der Waals surface area (Å²) >= 11 is 0. The maximum atomic E-state index is 2.37. The first-order valence-corrected chi connectivity index (χ1v) is 6.98. The van der Waals surface area contributed by atoms with Gasteiger partial charge in [-0.2, -0.15) is 4.40 Å². The highest BCUT2D eigenvalue weighted by atomic mass is 14.9. The second-order valence-corrected chi connectivity index (χ2v) is 5.46. The van der Waals surface area contributed by atoms with Crippen molar-refractivity contribution in [1.29, 1.82) is 0 Å². The number of benzene rings is 2. The van der Waals surface area contributed by atoms with Crippen molar-refractivity contribution in [3.05, 3.63) is 71.9 Å². The van der Waals surface area contributed by atoms with Crippen LogP contribution in [0.1, 0.15) is 11.3 Å². The Balaban J connectivity index is 2.46. The molecular weight excluding hydrogens is 242 g/mol. The Morgan fingerprint density at radius 2 is 1.25 bits per heavy atom. The van der Waals surface area contributed by atoms with Crippen molar-refractivity contribution in [2.75, 3.05) is 0 Å². The molecule has 0 aliphatic carbocycles. The van der Waals surface area contributed by atoms with E-state index in [0.29, 0.717) is 0 Å². The largest absolute Gasteiger partial charge is 0.219 e. The molecule has 0 aliphatic heterocycles. The fraction of sp³-hybridized carbons (Fsp3) is 0.105. The first kappa shape index (κ1) is 11.4. The number of rotatable bonds is 0. The Hall–Kier alpha value is -2.41. The normalized spacial score (nSPS) is 11.5. The van der Waals surface area contributed by atoms with E-state index in [2.05, 4.69) is 78.9 Å². The molecule has 0 bridgehead atoms. The van der Waals surface area contributed by atoms with E-state index >= 15 is 0 Å². The van der Waals surface area contributed by atoms with E-state index in [-0.39, 0.29) is 0 Å². The lowest BCUT2D eigenvalue weighted by Crippen LogP contribution is -2.27. The number of hydrogen-bond donors (Lipinski definition) is 0. The van der Waals surface area contributed by atoms with Crippen molar-refractivity contribution in [3.63, 3.8) is 0 Å². The van der Waals surface area contributed by atoms with Gasteiger partial charge in [-0.1, -0.05) is 30.3 Å². The van der Waals surface area contributed by atoms with Crippen molar-refractivity contribution >= 4 is 27.2 Å². The third-order valence-electron chi connectivity index (χ3n) is 4.03. The summed E-state index contributed by atoms with van der Waals surface area (Å²) in [5, 5.41) is 3.96. The van der Waals surface area contributed by atoms with Gasteiger partial charge in [-0.3, -0.25) is 0 Å². The lowest BCUT2D eigenvalue weighted by molar-refractivity contribution is -0.488. The van der Waals surface area contributed by atoms with E-state index < -0.39 is 0 Å². The summed E-state index contributed by atoms with van der Waals surface area (Å²) in [4.78, 5) is 0. The second-order valence-electron chi connectivity index (χ2n) is 5.46. The molecule has 0 radical (unpaired) electrons.